The third kappa shape index (κ3) is 3.29. The van der Waals surface area contributed by atoms with Gasteiger partial charge in [0.1, 0.15) is 12.2 Å². The van der Waals surface area contributed by atoms with E-state index in [1.807, 2.05) is 17.0 Å². The normalized spacial score (nSPS) is 17.8. The number of anilines is 1. The molecule has 1 unspecified atom stereocenters. The Morgan fingerprint density at radius 2 is 2.00 bits per heavy atom. The second-order valence-corrected chi connectivity index (χ2v) is 5.66. The minimum atomic E-state index is -0.885. The van der Waals surface area contributed by atoms with Crippen molar-refractivity contribution < 1.29 is 13.5 Å². The minimum Gasteiger partial charge on any atom is -0.370 e. The zero-order chi connectivity index (χ0) is 16.4. The van der Waals surface area contributed by atoms with Gasteiger partial charge in [0.25, 0.3) is 0 Å². The number of rotatable bonds is 2. The summed E-state index contributed by atoms with van der Waals surface area (Å²) in [5.41, 5.74) is 1.87. The first-order valence-corrected chi connectivity index (χ1v) is 7.47. The molecule has 1 saturated heterocycles. The van der Waals surface area contributed by atoms with Gasteiger partial charge in [0.15, 0.2) is 11.6 Å². The van der Waals surface area contributed by atoms with Crippen LogP contribution in [-0.2, 0) is 4.74 Å². The second-order valence-electron chi connectivity index (χ2n) is 5.25. The predicted molar refractivity (Wildman–Crippen MR) is 83.4 cm³/mol. The van der Waals surface area contributed by atoms with Crippen LogP contribution in [0.4, 0.5) is 14.5 Å². The highest BCUT2D eigenvalue weighted by Gasteiger charge is 2.23. The van der Waals surface area contributed by atoms with Gasteiger partial charge in [-0.1, -0.05) is 17.7 Å². The van der Waals surface area contributed by atoms with Crippen molar-refractivity contribution in [2.45, 2.75) is 6.10 Å². The molecule has 0 aliphatic carbocycles. The maximum atomic E-state index is 13.4. The Balaban J connectivity index is 1.82. The molecule has 0 amide bonds. The van der Waals surface area contributed by atoms with E-state index in [9.17, 15) is 8.78 Å². The van der Waals surface area contributed by atoms with Gasteiger partial charge in [0, 0.05) is 18.8 Å². The number of ether oxygens (including phenoxy) is 1. The third-order valence-electron chi connectivity index (χ3n) is 3.82. The van der Waals surface area contributed by atoms with E-state index in [2.05, 4.69) is 0 Å². The smallest absolute Gasteiger partial charge is 0.159 e. The monoisotopic (exact) mass is 334 g/mol. The van der Waals surface area contributed by atoms with Gasteiger partial charge < -0.3 is 9.64 Å². The van der Waals surface area contributed by atoms with Crippen molar-refractivity contribution >= 4 is 17.3 Å². The van der Waals surface area contributed by atoms with Crippen molar-refractivity contribution in [3.63, 3.8) is 0 Å². The fourth-order valence-electron chi connectivity index (χ4n) is 2.59. The highest BCUT2D eigenvalue weighted by atomic mass is 35.5. The zero-order valence-corrected chi connectivity index (χ0v) is 12.9. The summed E-state index contributed by atoms with van der Waals surface area (Å²) >= 11 is 6.07. The number of morpholine rings is 1. The Morgan fingerprint density at radius 1 is 1.17 bits per heavy atom. The van der Waals surface area contributed by atoms with Crippen molar-refractivity contribution in [3.8, 4) is 6.07 Å². The molecule has 2 aromatic carbocycles. The van der Waals surface area contributed by atoms with E-state index < -0.39 is 11.6 Å². The minimum absolute atomic E-state index is 0.353. The summed E-state index contributed by atoms with van der Waals surface area (Å²) in [5, 5.41) is 9.31. The number of nitriles is 1. The van der Waals surface area contributed by atoms with E-state index in [1.165, 1.54) is 6.07 Å². The van der Waals surface area contributed by atoms with Crippen LogP contribution in [0.25, 0.3) is 0 Å². The van der Waals surface area contributed by atoms with E-state index >= 15 is 0 Å². The zero-order valence-electron chi connectivity index (χ0n) is 12.1. The Labute approximate surface area is 137 Å². The van der Waals surface area contributed by atoms with Crippen LogP contribution >= 0.6 is 11.6 Å². The molecule has 118 valence electrons. The first-order chi connectivity index (χ1) is 11.1. The molecule has 3 rings (SSSR count). The molecule has 0 radical (unpaired) electrons. The molecule has 0 spiro atoms. The van der Waals surface area contributed by atoms with E-state index in [4.69, 9.17) is 21.6 Å². The van der Waals surface area contributed by atoms with Crippen LogP contribution < -0.4 is 4.90 Å². The Hall–Kier alpha value is -2.16. The van der Waals surface area contributed by atoms with Crippen molar-refractivity contribution in [2.24, 2.45) is 0 Å². The van der Waals surface area contributed by atoms with E-state index in [1.54, 1.807) is 12.1 Å². The quantitative estimate of drug-likeness (QED) is 0.830. The SMILES string of the molecule is N#Cc1ccc(N2CCOC(c3ccc(F)c(F)c3)C2)cc1Cl. The van der Waals surface area contributed by atoms with E-state index in [-0.39, 0.29) is 6.10 Å². The summed E-state index contributed by atoms with van der Waals surface area (Å²) in [6.45, 7) is 1.61. The summed E-state index contributed by atoms with van der Waals surface area (Å²) in [5.74, 6) is -1.76. The molecule has 0 aromatic heterocycles. The predicted octanol–water partition coefficient (Wildman–Crippen LogP) is 4.07. The van der Waals surface area contributed by atoms with Crippen LogP contribution in [0.15, 0.2) is 36.4 Å². The molecule has 1 heterocycles. The maximum Gasteiger partial charge on any atom is 0.159 e. The van der Waals surface area contributed by atoms with Crippen LogP contribution in [0.2, 0.25) is 5.02 Å². The van der Waals surface area contributed by atoms with Gasteiger partial charge in [-0.2, -0.15) is 5.26 Å². The van der Waals surface area contributed by atoms with Gasteiger partial charge >= 0.3 is 0 Å². The molecule has 23 heavy (non-hydrogen) atoms. The van der Waals surface area contributed by atoms with Crippen LogP contribution in [0, 0.1) is 23.0 Å². The Kier molecular flexibility index (Phi) is 4.46. The van der Waals surface area contributed by atoms with E-state index in [0.717, 1.165) is 17.8 Å². The molecule has 1 aliphatic heterocycles. The van der Waals surface area contributed by atoms with Crippen molar-refractivity contribution in [2.75, 3.05) is 24.6 Å². The first kappa shape index (κ1) is 15.7. The lowest BCUT2D eigenvalue weighted by Crippen LogP contribution is -2.38. The number of hydrogen-bond donors (Lipinski definition) is 0. The fraction of sp³-hybridized carbons (Fsp3) is 0.235. The molecule has 1 atom stereocenters. The average Bonchev–Trinajstić information content (AvgIpc) is 2.57. The van der Waals surface area contributed by atoms with Crippen LogP contribution in [0.3, 0.4) is 0 Å². The lowest BCUT2D eigenvalue weighted by molar-refractivity contribution is 0.0395. The topological polar surface area (TPSA) is 36.3 Å². The lowest BCUT2D eigenvalue weighted by Gasteiger charge is -2.35. The summed E-state index contributed by atoms with van der Waals surface area (Å²) in [7, 11) is 0. The van der Waals surface area contributed by atoms with Gasteiger partial charge in [-0.25, -0.2) is 8.78 Å². The number of halogens is 3. The van der Waals surface area contributed by atoms with Crippen molar-refractivity contribution in [3.05, 3.63) is 64.2 Å². The molecular formula is C17H13ClF2N2O. The van der Waals surface area contributed by atoms with Crippen LogP contribution in [-0.4, -0.2) is 19.7 Å². The Bertz CT molecular complexity index is 776. The molecule has 3 nitrogen and oxygen atoms in total. The lowest BCUT2D eigenvalue weighted by atomic mass is 10.1. The highest BCUT2D eigenvalue weighted by molar-refractivity contribution is 6.32. The maximum absolute atomic E-state index is 13.4. The van der Waals surface area contributed by atoms with Gasteiger partial charge in [0.05, 0.1) is 17.2 Å². The van der Waals surface area contributed by atoms with Crippen molar-refractivity contribution in [1.82, 2.24) is 0 Å². The van der Waals surface area contributed by atoms with E-state index in [0.29, 0.717) is 35.8 Å². The molecule has 2 aromatic rings. The van der Waals surface area contributed by atoms with Gasteiger partial charge in [-0.15, -0.1) is 0 Å². The summed E-state index contributed by atoms with van der Waals surface area (Å²) in [4.78, 5) is 2.04. The highest BCUT2D eigenvalue weighted by Crippen LogP contribution is 2.29. The van der Waals surface area contributed by atoms with Gasteiger partial charge in [-0.3, -0.25) is 0 Å². The standard InChI is InChI=1S/C17H13ClF2N2O/c18-14-8-13(3-1-12(14)9-21)22-5-6-23-17(10-22)11-2-4-15(19)16(20)7-11/h1-4,7-8,17H,5-6,10H2. The molecule has 0 N–H and O–H groups in total. The molecule has 0 saturated carbocycles. The third-order valence-corrected chi connectivity index (χ3v) is 4.13. The Morgan fingerprint density at radius 3 is 2.70 bits per heavy atom. The molecular weight excluding hydrogens is 322 g/mol. The summed E-state index contributed by atoms with van der Waals surface area (Å²) in [6.07, 6.45) is -0.353. The first-order valence-electron chi connectivity index (χ1n) is 7.09. The summed E-state index contributed by atoms with van der Waals surface area (Å²) in [6, 6.07) is 11.0. The van der Waals surface area contributed by atoms with Crippen LogP contribution in [0.1, 0.15) is 17.2 Å². The largest absolute Gasteiger partial charge is 0.370 e. The average molecular weight is 335 g/mol. The van der Waals surface area contributed by atoms with Crippen LogP contribution in [0.5, 0.6) is 0 Å². The molecule has 0 bridgehead atoms. The van der Waals surface area contributed by atoms with Gasteiger partial charge in [0.2, 0.25) is 0 Å². The number of hydrogen-bond acceptors (Lipinski definition) is 3. The number of nitrogens with zero attached hydrogens (tertiary/aromatic N) is 2. The number of benzene rings is 2. The second kappa shape index (κ2) is 6.53. The molecule has 1 fully saturated rings. The summed E-state index contributed by atoms with van der Waals surface area (Å²) < 4.78 is 32.1. The van der Waals surface area contributed by atoms with Crippen molar-refractivity contribution in [1.29, 1.82) is 5.26 Å². The fourth-order valence-corrected chi connectivity index (χ4v) is 2.81. The molecule has 1 aliphatic rings. The van der Waals surface area contributed by atoms with Gasteiger partial charge in [-0.05, 0) is 35.9 Å². The molecule has 6 heteroatoms.